The normalized spacial score (nSPS) is 18.0. The second kappa shape index (κ2) is 9.04. The maximum atomic E-state index is 12.6. The highest BCUT2D eigenvalue weighted by molar-refractivity contribution is 7.90. The standard InChI is InChI=1S/C23H30N2O4S/c1-28-15-4-16-30(26,27)17-18-5-3-12-25-22(18)20-6-2-7-21-19(20)8-9-23(29-21)10-13-24-14-11-23/h2-3,5-7,12,24H,4,8-11,13-17H2,1H3. The molecule has 1 spiro atoms. The summed E-state index contributed by atoms with van der Waals surface area (Å²) in [6.07, 6.45) is 6.17. The Labute approximate surface area is 178 Å². The topological polar surface area (TPSA) is 77.5 Å². The SMILES string of the molecule is COCCCS(=O)(=O)Cc1cccnc1-c1cccc2c1CCC1(CCNCC1)O2. The molecule has 4 rings (SSSR count). The van der Waals surface area contributed by atoms with Crippen molar-refractivity contribution in [2.75, 3.05) is 32.6 Å². The fourth-order valence-electron chi connectivity index (χ4n) is 4.54. The molecule has 1 N–H and O–H groups in total. The Bertz CT molecular complexity index is 984. The van der Waals surface area contributed by atoms with E-state index >= 15 is 0 Å². The molecule has 3 heterocycles. The predicted octanol–water partition coefficient (Wildman–Crippen LogP) is 3.15. The van der Waals surface area contributed by atoms with Crippen LogP contribution in [0.25, 0.3) is 11.3 Å². The maximum Gasteiger partial charge on any atom is 0.154 e. The quantitative estimate of drug-likeness (QED) is 0.680. The number of piperidine rings is 1. The summed E-state index contributed by atoms with van der Waals surface area (Å²) in [7, 11) is -1.66. The zero-order chi connectivity index (χ0) is 21.0. The Balaban J connectivity index is 1.62. The van der Waals surface area contributed by atoms with Crippen molar-refractivity contribution in [3.8, 4) is 17.0 Å². The third-order valence-corrected chi connectivity index (χ3v) is 7.79. The van der Waals surface area contributed by atoms with Gasteiger partial charge in [0.2, 0.25) is 0 Å². The Hall–Kier alpha value is -1.96. The number of nitrogens with zero attached hydrogens (tertiary/aromatic N) is 1. The Morgan fingerprint density at radius 2 is 2.00 bits per heavy atom. The molecule has 30 heavy (non-hydrogen) atoms. The molecule has 1 fully saturated rings. The van der Waals surface area contributed by atoms with Crippen molar-refractivity contribution in [2.24, 2.45) is 0 Å². The van der Waals surface area contributed by atoms with Crippen molar-refractivity contribution in [2.45, 2.75) is 43.5 Å². The zero-order valence-electron chi connectivity index (χ0n) is 17.5. The lowest BCUT2D eigenvalue weighted by molar-refractivity contribution is 0.0171. The number of sulfone groups is 1. The number of hydrogen-bond acceptors (Lipinski definition) is 6. The summed E-state index contributed by atoms with van der Waals surface area (Å²) in [5, 5.41) is 3.41. The lowest BCUT2D eigenvalue weighted by Crippen LogP contribution is -2.48. The van der Waals surface area contributed by atoms with Crippen LogP contribution in [0, 0.1) is 0 Å². The van der Waals surface area contributed by atoms with Gasteiger partial charge in [-0.1, -0.05) is 18.2 Å². The molecule has 2 aliphatic rings. The molecule has 0 aliphatic carbocycles. The molecule has 0 amide bonds. The Morgan fingerprint density at radius 1 is 1.17 bits per heavy atom. The van der Waals surface area contributed by atoms with E-state index in [2.05, 4.69) is 10.3 Å². The Morgan fingerprint density at radius 3 is 2.80 bits per heavy atom. The number of aromatic nitrogens is 1. The van der Waals surface area contributed by atoms with Crippen molar-refractivity contribution < 1.29 is 17.9 Å². The van der Waals surface area contributed by atoms with Gasteiger partial charge in [0.25, 0.3) is 0 Å². The van der Waals surface area contributed by atoms with Crippen LogP contribution in [0.5, 0.6) is 5.75 Å². The van der Waals surface area contributed by atoms with Gasteiger partial charge in [-0.2, -0.15) is 0 Å². The molecule has 1 aromatic carbocycles. The summed E-state index contributed by atoms with van der Waals surface area (Å²) in [6.45, 7) is 2.42. The molecular weight excluding hydrogens is 400 g/mol. The predicted molar refractivity (Wildman–Crippen MR) is 117 cm³/mol. The second-order valence-electron chi connectivity index (χ2n) is 8.27. The second-order valence-corrected chi connectivity index (χ2v) is 10.5. The largest absolute Gasteiger partial charge is 0.487 e. The molecule has 0 saturated carbocycles. The van der Waals surface area contributed by atoms with Crippen LogP contribution < -0.4 is 10.1 Å². The average Bonchev–Trinajstić information content (AvgIpc) is 2.74. The molecular formula is C23H30N2O4S. The van der Waals surface area contributed by atoms with E-state index in [0.717, 1.165) is 66.9 Å². The van der Waals surface area contributed by atoms with Gasteiger partial charge in [0, 0.05) is 31.0 Å². The molecule has 0 radical (unpaired) electrons. The smallest absolute Gasteiger partial charge is 0.154 e. The van der Waals surface area contributed by atoms with Crippen molar-refractivity contribution in [1.29, 1.82) is 0 Å². The van der Waals surface area contributed by atoms with Crippen molar-refractivity contribution in [1.82, 2.24) is 10.3 Å². The van der Waals surface area contributed by atoms with Gasteiger partial charge in [-0.05, 0) is 62.9 Å². The van der Waals surface area contributed by atoms with E-state index in [0.29, 0.717) is 13.0 Å². The number of rotatable bonds is 7. The van der Waals surface area contributed by atoms with E-state index < -0.39 is 9.84 Å². The highest BCUT2D eigenvalue weighted by Gasteiger charge is 2.38. The van der Waals surface area contributed by atoms with E-state index in [-0.39, 0.29) is 17.1 Å². The monoisotopic (exact) mass is 430 g/mol. The van der Waals surface area contributed by atoms with E-state index in [9.17, 15) is 8.42 Å². The molecule has 0 bridgehead atoms. The van der Waals surface area contributed by atoms with Crippen molar-refractivity contribution in [3.05, 3.63) is 47.7 Å². The van der Waals surface area contributed by atoms with Gasteiger partial charge in [0.05, 0.1) is 17.2 Å². The average molecular weight is 431 g/mol. The van der Waals surface area contributed by atoms with Crippen LogP contribution in [0.4, 0.5) is 0 Å². The molecule has 1 aromatic heterocycles. The fourth-order valence-corrected chi connectivity index (χ4v) is 5.95. The summed E-state index contributed by atoms with van der Waals surface area (Å²) in [6, 6.07) is 9.73. The lowest BCUT2D eigenvalue weighted by Gasteiger charge is -2.42. The minimum Gasteiger partial charge on any atom is -0.487 e. The molecule has 7 heteroatoms. The third kappa shape index (κ3) is 4.68. The van der Waals surface area contributed by atoms with Crippen molar-refractivity contribution in [3.63, 3.8) is 0 Å². The van der Waals surface area contributed by atoms with E-state index in [4.69, 9.17) is 9.47 Å². The zero-order valence-corrected chi connectivity index (χ0v) is 18.3. The molecule has 6 nitrogen and oxygen atoms in total. The summed E-state index contributed by atoms with van der Waals surface area (Å²) < 4.78 is 36.8. The minimum absolute atomic E-state index is 0.0139. The lowest BCUT2D eigenvalue weighted by atomic mass is 9.82. The van der Waals surface area contributed by atoms with Gasteiger partial charge in [-0.15, -0.1) is 0 Å². The summed E-state index contributed by atoms with van der Waals surface area (Å²) in [5.74, 6) is 1.02. The first-order valence-electron chi connectivity index (χ1n) is 10.7. The summed E-state index contributed by atoms with van der Waals surface area (Å²) in [4.78, 5) is 4.59. The number of hydrogen-bond donors (Lipinski definition) is 1. The van der Waals surface area contributed by atoms with Crippen LogP contribution in [0.2, 0.25) is 0 Å². The van der Waals surface area contributed by atoms with Gasteiger partial charge < -0.3 is 14.8 Å². The molecule has 2 aromatic rings. The third-order valence-electron chi connectivity index (χ3n) is 6.13. The maximum absolute atomic E-state index is 12.6. The van der Waals surface area contributed by atoms with E-state index in [1.165, 1.54) is 0 Å². The first-order chi connectivity index (χ1) is 14.5. The molecule has 162 valence electrons. The number of benzene rings is 1. The van der Waals surface area contributed by atoms with Gasteiger partial charge >= 0.3 is 0 Å². The number of fused-ring (bicyclic) bond motifs is 1. The fraction of sp³-hybridized carbons (Fsp3) is 0.522. The highest BCUT2D eigenvalue weighted by Crippen LogP contribution is 2.42. The number of ether oxygens (including phenoxy) is 2. The summed E-state index contributed by atoms with van der Waals surface area (Å²) >= 11 is 0. The first-order valence-corrected chi connectivity index (χ1v) is 12.5. The van der Waals surface area contributed by atoms with Crippen LogP contribution in [0.15, 0.2) is 36.5 Å². The van der Waals surface area contributed by atoms with Crippen molar-refractivity contribution >= 4 is 9.84 Å². The number of nitrogens with one attached hydrogen (secondary N) is 1. The molecule has 2 aliphatic heterocycles. The van der Waals surface area contributed by atoms with Gasteiger partial charge in [-0.3, -0.25) is 4.98 Å². The Kier molecular flexibility index (Phi) is 6.41. The molecule has 1 saturated heterocycles. The summed E-state index contributed by atoms with van der Waals surface area (Å²) in [5.41, 5.74) is 3.53. The van der Waals surface area contributed by atoms with Gasteiger partial charge in [-0.25, -0.2) is 8.42 Å². The molecule has 0 atom stereocenters. The minimum atomic E-state index is -3.24. The van der Waals surface area contributed by atoms with Gasteiger partial charge in [0.15, 0.2) is 9.84 Å². The van der Waals surface area contributed by atoms with Crippen LogP contribution in [-0.2, 0) is 26.7 Å². The van der Waals surface area contributed by atoms with Crippen LogP contribution >= 0.6 is 0 Å². The number of pyridine rings is 1. The van der Waals surface area contributed by atoms with Crippen LogP contribution in [0.1, 0.15) is 36.8 Å². The van der Waals surface area contributed by atoms with Crippen LogP contribution in [-0.4, -0.2) is 51.6 Å². The van der Waals surface area contributed by atoms with Gasteiger partial charge in [0.1, 0.15) is 11.4 Å². The van der Waals surface area contributed by atoms with Crippen LogP contribution in [0.3, 0.4) is 0 Å². The van der Waals surface area contributed by atoms with E-state index in [1.807, 2.05) is 24.3 Å². The first kappa shape index (κ1) is 21.3. The highest BCUT2D eigenvalue weighted by atomic mass is 32.2. The molecule has 0 unspecified atom stereocenters. The number of methoxy groups -OCH3 is 1. The van der Waals surface area contributed by atoms with E-state index in [1.54, 1.807) is 19.4 Å².